The van der Waals surface area contributed by atoms with Gasteiger partial charge in [-0.1, -0.05) is 41.4 Å². The second-order valence-electron chi connectivity index (χ2n) is 3.91. The molecular formula is C14H14Cl2N2O. The first-order chi connectivity index (χ1) is 9.20. The average molecular weight is 297 g/mol. The molecule has 2 N–H and O–H groups in total. The topological polar surface area (TPSA) is 33.3 Å². The molecule has 2 aromatic carbocycles. The highest BCUT2D eigenvalue weighted by molar-refractivity contribution is 6.35. The first kappa shape index (κ1) is 14.0. The standard InChI is InChI=1S/C14H14Cl2N2O/c1-19-14-8-10(15)7-13(16)12(14)9-17-18-11-5-3-2-4-6-11/h2-8,17-18H,9H2,1H3. The number of ether oxygens (including phenoxy) is 1. The molecule has 0 bridgehead atoms. The van der Waals surface area contributed by atoms with Crippen molar-refractivity contribution in [2.24, 2.45) is 0 Å². The predicted octanol–water partition coefficient (Wildman–Crippen LogP) is 4.12. The van der Waals surface area contributed by atoms with E-state index in [2.05, 4.69) is 10.9 Å². The van der Waals surface area contributed by atoms with Crippen molar-refractivity contribution in [2.75, 3.05) is 12.5 Å². The van der Waals surface area contributed by atoms with Gasteiger partial charge in [-0.05, 0) is 24.3 Å². The lowest BCUT2D eigenvalue weighted by Crippen LogP contribution is -2.21. The summed E-state index contributed by atoms with van der Waals surface area (Å²) in [4.78, 5) is 0. The fourth-order valence-corrected chi connectivity index (χ4v) is 2.23. The third-order valence-electron chi connectivity index (χ3n) is 2.61. The maximum Gasteiger partial charge on any atom is 0.126 e. The van der Waals surface area contributed by atoms with Gasteiger partial charge in [0.1, 0.15) is 5.75 Å². The largest absolute Gasteiger partial charge is 0.496 e. The Morgan fingerprint density at radius 3 is 2.53 bits per heavy atom. The van der Waals surface area contributed by atoms with Crippen molar-refractivity contribution in [1.82, 2.24) is 5.43 Å². The second-order valence-corrected chi connectivity index (χ2v) is 4.76. The van der Waals surface area contributed by atoms with Crippen molar-refractivity contribution < 1.29 is 4.74 Å². The summed E-state index contributed by atoms with van der Waals surface area (Å²) in [5, 5.41) is 1.13. The first-order valence-electron chi connectivity index (χ1n) is 5.76. The summed E-state index contributed by atoms with van der Waals surface area (Å²) in [6.07, 6.45) is 0. The zero-order chi connectivity index (χ0) is 13.7. The highest BCUT2D eigenvalue weighted by Gasteiger charge is 2.09. The molecule has 0 atom stereocenters. The Kier molecular flexibility index (Phi) is 4.91. The van der Waals surface area contributed by atoms with E-state index in [1.165, 1.54) is 0 Å². The van der Waals surface area contributed by atoms with Gasteiger partial charge in [0.15, 0.2) is 0 Å². The Morgan fingerprint density at radius 2 is 1.84 bits per heavy atom. The summed E-state index contributed by atoms with van der Waals surface area (Å²) >= 11 is 12.1. The lowest BCUT2D eigenvalue weighted by Gasteiger charge is -2.13. The number of nitrogens with one attached hydrogen (secondary N) is 2. The molecule has 0 amide bonds. The number of anilines is 1. The molecule has 2 rings (SSSR count). The van der Waals surface area contributed by atoms with Gasteiger partial charge in [0.05, 0.1) is 12.1 Å². The highest BCUT2D eigenvalue weighted by atomic mass is 35.5. The molecule has 0 aliphatic carbocycles. The molecule has 5 heteroatoms. The zero-order valence-corrected chi connectivity index (χ0v) is 11.9. The molecule has 19 heavy (non-hydrogen) atoms. The zero-order valence-electron chi connectivity index (χ0n) is 10.4. The maximum absolute atomic E-state index is 6.16. The number of hydrogen-bond acceptors (Lipinski definition) is 3. The number of para-hydroxylation sites is 1. The minimum Gasteiger partial charge on any atom is -0.496 e. The Morgan fingerprint density at radius 1 is 1.11 bits per heavy atom. The van der Waals surface area contributed by atoms with Gasteiger partial charge in [-0.2, -0.15) is 0 Å². The van der Waals surface area contributed by atoms with Gasteiger partial charge in [-0.15, -0.1) is 0 Å². The number of methoxy groups -OCH3 is 1. The van der Waals surface area contributed by atoms with Crippen molar-refractivity contribution in [2.45, 2.75) is 6.54 Å². The predicted molar refractivity (Wildman–Crippen MR) is 79.9 cm³/mol. The number of halogens is 2. The lowest BCUT2D eigenvalue weighted by atomic mass is 10.2. The van der Waals surface area contributed by atoms with Gasteiger partial charge in [-0.3, -0.25) is 0 Å². The molecule has 2 aromatic rings. The SMILES string of the molecule is COc1cc(Cl)cc(Cl)c1CNNc1ccccc1. The van der Waals surface area contributed by atoms with Crippen molar-refractivity contribution in [1.29, 1.82) is 0 Å². The van der Waals surface area contributed by atoms with Crippen molar-refractivity contribution in [3.8, 4) is 5.75 Å². The summed E-state index contributed by atoms with van der Waals surface area (Å²) in [5.41, 5.74) is 8.02. The molecule has 100 valence electrons. The molecular weight excluding hydrogens is 283 g/mol. The van der Waals surface area contributed by atoms with Crippen LogP contribution in [0.5, 0.6) is 5.75 Å². The van der Waals surface area contributed by atoms with Gasteiger partial charge in [0.25, 0.3) is 0 Å². The Labute approximate surface area is 122 Å². The number of benzene rings is 2. The van der Waals surface area contributed by atoms with Crippen LogP contribution in [0.1, 0.15) is 5.56 Å². The van der Waals surface area contributed by atoms with Crippen LogP contribution in [0.3, 0.4) is 0 Å². The molecule has 0 aromatic heterocycles. The Bertz CT molecular complexity index is 547. The lowest BCUT2D eigenvalue weighted by molar-refractivity contribution is 0.408. The van der Waals surface area contributed by atoms with E-state index in [0.717, 1.165) is 11.3 Å². The molecule has 3 nitrogen and oxygen atoms in total. The maximum atomic E-state index is 6.16. The smallest absolute Gasteiger partial charge is 0.126 e. The van der Waals surface area contributed by atoms with Crippen LogP contribution >= 0.6 is 23.2 Å². The summed E-state index contributed by atoms with van der Waals surface area (Å²) in [6, 6.07) is 13.3. The van der Waals surface area contributed by atoms with Crippen LogP contribution in [-0.4, -0.2) is 7.11 Å². The van der Waals surface area contributed by atoms with Crippen LogP contribution in [0.25, 0.3) is 0 Å². The van der Waals surface area contributed by atoms with E-state index in [4.69, 9.17) is 27.9 Å². The number of hydrazine groups is 1. The second kappa shape index (κ2) is 6.66. The average Bonchev–Trinajstić information content (AvgIpc) is 2.42. The van der Waals surface area contributed by atoms with E-state index in [0.29, 0.717) is 22.3 Å². The van der Waals surface area contributed by atoms with Crippen LogP contribution < -0.4 is 15.6 Å². The molecule has 0 aliphatic rings. The first-order valence-corrected chi connectivity index (χ1v) is 6.52. The van der Waals surface area contributed by atoms with E-state index >= 15 is 0 Å². The van der Waals surface area contributed by atoms with Crippen LogP contribution in [0.15, 0.2) is 42.5 Å². The Balaban J connectivity index is 2.03. The summed E-state index contributed by atoms with van der Waals surface area (Å²) in [6.45, 7) is 0.522. The van der Waals surface area contributed by atoms with E-state index in [1.807, 2.05) is 30.3 Å². The normalized spacial score (nSPS) is 10.3. The van der Waals surface area contributed by atoms with Gasteiger partial charge in [0, 0.05) is 22.8 Å². The monoisotopic (exact) mass is 296 g/mol. The van der Waals surface area contributed by atoms with E-state index in [-0.39, 0.29) is 0 Å². The minimum absolute atomic E-state index is 0.522. The van der Waals surface area contributed by atoms with Gasteiger partial charge >= 0.3 is 0 Å². The summed E-state index contributed by atoms with van der Waals surface area (Å²) < 4.78 is 5.27. The fraction of sp³-hybridized carbons (Fsp3) is 0.143. The molecule has 0 radical (unpaired) electrons. The minimum atomic E-state index is 0.522. The van der Waals surface area contributed by atoms with Crippen LogP contribution in [0.2, 0.25) is 10.0 Å². The molecule has 0 heterocycles. The van der Waals surface area contributed by atoms with Crippen molar-refractivity contribution >= 4 is 28.9 Å². The van der Waals surface area contributed by atoms with Crippen molar-refractivity contribution in [3.63, 3.8) is 0 Å². The Hall–Kier alpha value is -1.42. The van der Waals surface area contributed by atoms with E-state index in [1.54, 1.807) is 19.2 Å². The quantitative estimate of drug-likeness (QED) is 0.815. The van der Waals surface area contributed by atoms with Crippen LogP contribution in [-0.2, 0) is 6.54 Å². The number of hydrogen-bond donors (Lipinski definition) is 2. The van der Waals surface area contributed by atoms with Gasteiger partial charge in [-0.25, -0.2) is 5.43 Å². The fourth-order valence-electron chi connectivity index (χ4n) is 1.69. The van der Waals surface area contributed by atoms with Gasteiger partial charge in [0.2, 0.25) is 0 Å². The molecule has 0 saturated heterocycles. The number of rotatable bonds is 5. The van der Waals surface area contributed by atoms with Crippen molar-refractivity contribution in [3.05, 3.63) is 58.1 Å². The summed E-state index contributed by atoms with van der Waals surface area (Å²) in [5.74, 6) is 0.667. The highest BCUT2D eigenvalue weighted by Crippen LogP contribution is 2.30. The third-order valence-corrected chi connectivity index (χ3v) is 3.17. The van der Waals surface area contributed by atoms with E-state index in [9.17, 15) is 0 Å². The summed E-state index contributed by atoms with van der Waals surface area (Å²) in [7, 11) is 1.59. The molecule has 0 unspecified atom stereocenters. The van der Waals surface area contributed by atoms with Crippen LogP contribution in [0.4, 0.5) is 5.69 Å². The molecule has 0 aliphatic heterocycles. The molecule has 0 fully saturated rings. The van der Waals surface area contributed by atoms with Gasteiger partial charge < -0.3 is 10.2 Å². The van der Waals surface area contributed by atoms with Crippen LogP contribution in [0, 0.1) is 0 Å². The third kappa shape index (κ3) is 3.77. The molecule has 0 saturated carbocycles. The van der Waals surface area contributed by atoms with E-state index < -0.39 is 0 Å². The molecule has 0 spiro atoms.